The van der Waals surface area contributed by atoms with Gasteiger partial charge < -0.3 is 0 Å². The van der Waals surface area contributed by atoms with Crippen LogP contribution in [0.15, 0.2) is 19.6 Å². The van der Waals surface area contributed by atoms with Crippen LogP contribution in [0.2, 0.25) is 0 Å². The Morgan fingerprint density at radius 2 is 0.500 bits per heavy atom. The summed E-state index contributed by atoms with van der Waals surface area (Å²) in [5, 5.41) is 0. The molecule has 0 spiro atoms. The maximum atomic E-state index is 12.4. The zero-order valence-corrected chi connectivity index (χ0v) is 11.0. The molecular weight excluding hydrogens is 388 g/mol. The highest BCUT2D eigenvalue weighted by Crippen LogP contribution is 2.61. The van der Waals surface area contributed by atoms with Crippen LogP contribution in [-0.4, -0.2) is 24.7 Å². The quantitative estimate of drug-likeness (QED) is 0.458. The third kappa shape index (κ3) is 4.20. The fourth-order valence-electron chi connectivity index (χ4n) is 1.14. The van der Waals surface area contributed by atoms with Crippen LogP contribution >= 0.6 is 23.5 Å². The summed E-state index contributed by atoms with van der Waals surface area (Å²) in [5.74, 6) is 0. The maximum Gasteiger partial charge on any atom is 0.423 e. The highest BCUT2D eigenvalue weighted by atomic mass is 32.2. The Hall–Kier alpha value is -0.660. The standard InChI is InChI=1S/C8F12S2/c9-5(10,11)1-2(6(12,13)14)22-4(8(18,19)20)3(21-1)7(15,16)17. The summed E-state index contributed by atoms with van der Waals surface area (Å²) in [6, 6.07) is 0. The molecule has 0 unspecified atom stereocenters. The van der Waals surface area contributed by atoms with Gasteiger partial charge in [0.15, 0.2) is 0 Å². The highest BCUT2D eigenvalue weighted by molar-refractivity contribution is 8.13. The van der Waals surface area contributed by atoms with Crippen LogP contribution in [0.4, 0.5) is 52.7 Å². The van der Waals surface area contributed by atoms with Crippen molar-refractivity contribution in [2.75, 3.05) is 0 Å². The van der Waals surface area contributed by atoms with Gasteiger partial charge in [0.2, 0.25) is 0 Å². The molecule has 0 nitrogen and oxygen atoms in total. The first-order valence-corrected chi connectivity index (χ1v) is 6.22. The fourth-order valence-corrected chi connectivity index (χ4v) is 3.34. The third-order valence-electron chi connectivity index (χ3n) is 1.85. The molecule has 0 aromatic carbocycles. The first kappa shape index (κ1) is 19.4. The molecule has 128 valence electrons. The van der Waals surface area contributed by atoms with Crippen molar-refractivity contribution >= 4 is 23.5 Å². The molecule has 0 amide bonds. The molecule has 0 saturated carbocycles. The van der Waals surface area contributed by atoms with Gasteiger partial charge in [0.05, 0.1) is 0 Å². The Morgan fingerprint density at radius 3 is 0.591 bits per heavy atom. The van der Waals surface area contributed by atoms with E-state index in [2.05, 4.69) is 0 Å². The van der Waals surface area contributed by atoms with Crippen LogP contribution in [-0.2, 0) is 0 Å². The monoisotopic (exact) mass is 388 g/mol. The van der Waals surface area contributed by atoms with E-state index < -0.39 is 67.8 Å². The number of thioether (sulfide) groups is 2. The number of allylic oxidation sites excluding steroid dienone is 4. The summed E-state index contributed by atoms with van der Waals surface area (Å²) in [7, 11) is 0. The van der Waals surface area contributed by atoms with Gasteiger partial charge in [-0.1, -0.05) is 23.5 Å². The molecule has 0 N–H and O–H groups in total. The topological polar surface area (TPSA) is 0 Å². The molecule has 1 rings (SSSR count). The number of rotatable bonds is 0. The zero-order chi connectivity index (χ0) is 17.7. The first-order chi connectivity index (χ1) is 9.45. The molecule has 1 aliphatic rings. The van der Waals surface area contributed by atoms with Gasteiger partial charge in [0.1, 0.15) is 19.6 Å². The predicted octanol–water partition coefficient (Wildman–Crippen LogP) is 6.14. The fraction of sp³-hybridized carbons (Fsp3) is 0.500. The van der Waals surface area contributed by atoms with Gasteiger partial charge >= 0.3 is 24.7 Å². The lowest BCUT2D eigenvalue weighted by Crippen LogP contribution is -2.28. The molecule has 0 radical (unpaired) electrons. The largest absolute Gasteiger partial charge is 0.423 e. The summed E-state index contributed by atoms with van der Waals surface area (Å²) in [6.07, 6.45) is -23.6. The summed E-state index contributed by atoms with van der Waals surface area (Å²) in [5.41, 5.74) is 0. The Balaban J connectivity index is 3.57. The van der Waals surface area contributed by atoms with Gasteiger partial charge in [-0.3, -0.25) is 0 Å². The third-order valence-corrected chi connectivity index (χ3v) is 4.67. The second kappa shape index (κ2) is 5.46. The van der Waals surface area contributed by atoms with E-state index in [0.717, 1.165) is 0 Å². The van der Waals surface area contributed by atoms with Crippen molar-refractivity contribution < 1.29 is 52.7 Å². The minimum absolute atomic E-state index is 1.64. The van der Waals surface area contributed by atoms with E-state index in [-0.39, 0.29) is 0 Å². The SMILES string of the molecule is FC(F)(F)C1=C(C(F)(F)F)SC(C(F)(F)F)=C(C(F)(F)F)S1. The number of hydrogen-bond acceptors (Lipinski definition) is 2. The molecule has 1 aliphatic heterocycles. The van der Waals surface area contributed by atoms with Crippen molar-refractivity contribution in [3.05, 3.63) is 19.6 Å². The van der Waals surface area contributed by atoms with E-state index in [0.29, 0.717) is 0 Å². The van der Waals surface area contributed by atoms with Gasteiger partial charge in [-0.05, 0) is 0 Å². The van der Waals surface area contributed by atoms with Crippen LogP contribution in [0.1, 0.15) is 0 Å². The van der Waals surface area contributed by atoms with E-state index in [4.69, 9.17) is 0 Å². The smallest absolute Gasteiger partial charge is 0.166 e. The summed E-state index contributed by atoms with van der Waals surface area (Å²) >= 11 is -3.27. The second-order valence-corrected chi connectivity index (χ2v) is 5.55. The lowest BCUT2D eigenvalue weighted by molar-refractivity contribution is -0.109. The summed E-state index contributed by atoms with van der Waals surface area (Å²) in [6.45, 7) is 0. The summed E-state index contributed by atoms with van der Waals surface area (Å²) < 4.78 is 149. The number of alkyl halides is 12. The first-order valence-electron chi connectivity index (χ1n) is 4.58. The van der Waals surface area contributed by atoms with Crippen LogP contribution in [0, 0.1) is 0 Å². The van der Waals surface area contributed by atoms with Crippen LogP contribution in [0.3, 0.4) is 0 Å². The molecule has 0 saturated heterocycles. The number of hydrogen-bond donors (Lipinski definition) is 0. The van der Waals surface area contributed by atoms with E-state index >= 15 is 0 Å². The summed E-state index contributed by atoms with van der Waals surface area (Å²) in [4.78, 5) is -11.1. The van der Waals surface area contributed by atoms with Crippen LogP contribution < -0.4 is 0 Å². The van der Waals surface area contributed by atoms with E-state index in [1.54, 1.807) is 0 Å². The predicted molar refractivity (Wildman–Crippen MR) is 53.5 cm³/mol. The highest BCUT2D eigenvalue weighted by Gasteiger charge is 2.57. The molecule has 14 heteroatoms. The average Bonchev–Trinajstić information content (AvgIpc) is 2.22. The van der Waals surface area contributed by atoms with Gasteiger partial charge in [-0.25, -0.2) is 0 Å². The van der Waals surface area contributed by atoms with Crippen LogP contribution in [0.5, 0.6) is 0 Å². The van der Waals surface area contributed by atoms with E-state index in [9.17, 15) is 52.7 Å². The zero-order valence-electron chi connectivity index (χ0n) is 9.35. The van der Waals surface area contributed by atoms with E-state index in [1.165, 1.54) is 0 Å². The molecule has 22 heavy (non-hydrogen) atoms. The minimum Gasteiger partial charge on any atom is -0.166 e. The van der Waals surface area contributed by atoms with Crippen molar-refractivity contribution in [1.82, 2.24) is 0 Å². The van der Waals surface area contributed by atoms with Crippen molar-refractivity contribution in [2.24, 2.45) is 0 Å². The number of halogens is 12. The lowest BCUT2D eigenvalue weighted by atomic mass is 10.4. The molecule has 0 aromatic rings. The second-order valence-electron chi connectivity index (χ2n) is 3.51. The lowest BCUT2D eigenvalue weighted by Gasteiger charge is -2.28. The molecule has 1 heterocycles. The van der Waals surface area contributed by atoms with Crippen molar-refractivity contribution in [1.29, 1.82) is 0 Å². The molecule has 0 aliphatic carbocycles. The van der Waals surface area contributed by atoms with E-state index in [1.807, 2.05) is 0 Å². The Bertz CT molecular complexity index is 419. The van der Waals surface area contributed by atoms with Gasteiger partial charge in [0, 0.05) is 0 Å². The van der Waals surface area contributed by atoms with Gasteiger partial charge in [-0.15, -0.1) is 0 Å². The molecular formula is C8F12S2. The van der Waals surface area contributed by atoms with Crippen molar-refractivity contribution in [3.63, 3.8) is 0 Å². The normalized spacial score (nSPS) is 19.1. The molecule has 0 fully saturated rings. The molecule has 0 bridgehead atoms. The Kier molecular flexibility index (Phi) is 4.81. The Labute approximate surface area is 121 Å². The van der Waals surface area contributed by atoms with Crippen molar-refractivity contribution in [3.8, 4) is 0 Å². The minimum atomic E-state index is -5.89. The Morgan fingerprint density at radius 1 is 0.364 bits per heavy atom. The van der Waals surface area contributed by atoms with Crippen molar-refractivity contribution in [2.45, 2.75) is 24.7 Å². The van der Waals surface area contributed by atoms with Gasteiger partial charge in [0.25, 0.3) is 0 Å². The van der Waals surface area contributed by atoms with Gasteiger partial charge in [-0.2, -0.15) is 52.7 Å². The molecule has 0 atom stereocenters. The maximum absolute atomic E-state index is 12.4. The average molecular weight is 388 g/mol. The van der Waals surface area contributed by atoms with Crippen LogP contribution in [0.25, 0.3) is 0 Å². The molecule has 0 aromatic heterocycles.